The maximum Gasteiger partial charge on any atom is 0.137 e. The molecule has 2 rings (SSSR count). The maximum absolute atomic E-state index is 4.53. The number of pyridine rings is 1. The normalized spacial score (nSPS) is 10.9. The first-order valence-corrected chi connectivity index (χ1v) is 5.00. The second-order valence-electron chi connectivity index (χ2n) is 3.76. The van der Waals surface area contributed by atoms with E-state index in [1.807, 2.05) is 13.1 Å². The number of anilines is 1. The van der Waals surface area contributed by atoms with Gasteiger partial charge >= 0.3 is 0 Å². The molecule has 0 unspecified atom stereocenters. The van der Waals surface area contributed by atoms with Crippen molar-refractivity contribution in [3.63, 3.8) is 0 Å². The molecule has 0 aromatic carbocycles. The second kappa shape index (κ2) is 3.81. The molecule has 0 saturated carbocycles. The zero-order valence-electron chi connectivity index (χ0n) is 9.15. The van der Waals surface area contributed by atoms with Crippen LogP contribution in [-0.4, -0.2) is 22.0 Å². The Bertz CT molecular complexity index is 479. The highest BCUT2D eigenvalue weighted by molar-refractivity contribution is 5.88. The van der Waals surface area contributed by atoms with E-state index in [0.29, 0.717) is 5.92 Å². The monoisotopic (exact) mass is 202 g/mol. The highest BCUT2D eigenvalue weighted by atomic mass is 15.0. The number of fused-ring (bicyclic) bond motifs is 1. The number of hydrogen-bond donors (Lipinski definition) is 1. The molecule has 0 aliphatic rings. The molecule has 0 aliphatic heterocycles. The molecule has 0 fully saturated rings. The van der Waals surface area contributed by atoms with Crippen LogP contribution >= 0.6 is 0 Å². The lowest BCUT2D eigenvalue weighted by atomic mass is 10.1. The van der Waals surface area contributed by atoms with E-state index in [-0.39, 0.29) is 0 Å². The summed E-state index contributed by atoms with van der Waals surface area (Å²) in [5, 5.41) is 4.04. The summed E-state index contributed by atoms with van der Waals surface area (Å²) >= 11 is 0. The van der Waals surface area contributed by atoms with Crippen LogP contribution in [0.3, 0.4) is 0 Å². The Morgan fingerprint density at radius 3 is 2.80 bits per heavy atom. The minimum atomic E-state index is 0.400. The lowest BCUT2D eigenvalue weighted by Crippen LogP contribution is -2.00. The van der Waals surface area contributed by atoms with Gasteiger partial charge in [-0.15, -0.1) is 0 Å². The van der Waals surface area contributed by atoms with Gasteiger partial charge in [0.1, 0.15) is 12.1 Å². The molecule has 0 saturated heterocycles. The molecule has 1 N–H and O–H groups in total. The van der Waals surface area contributed by atoms with Crippen molar-refractivity contribution in [2.45, 2.75) is 19.8 Å². The van der Waals surface area contributed by atoms with Crippen molar-refractivity contribution in [2.24, 2.45) is 0 Å². The van der Waals surface area contributed by atoms with E-state index in [9.17, 15) is 0 Å². The van der Waals surface area contributed by atoms with Crippen LogP contribution in [0.2, 0.25) is 0 Å². The molecule has 4 heteroatoms. The highest BCUT2D eigenvalue weighted by Crippen LogP contribution is 2.22. The molecule has 2 aromatic heterocycles. The van der Waals surface area contributed by atoms with Gasteiger partial charge in [-0.2, -0.15) is 0 Å². The highest BCUT2D eigenvalue weighted by Gasteiger charge is 2.08. The predicted octanol–water partition coefficient (Wildman–Crippen LogP) is 2.19. The molecule has 2 heterocycles. The van der Waals surface area contributed by atoms with Crippen LogP contribution in [0.4, 0.5) is 5.82 Å². The summed E-state index contributed by atoms with van der Waals surface area (Å²) in [5.41, 5.74) is 1.98. The van der Waals surface area contributed by atoms with E-state index in [4.69, 9.17) is 0 Å². The second-order valence-corrected chi connectivity index (χ2v) is 3.76. The molecule has 2 aromatic rings. The first-order chi connectivity index (χ1) is 7.22. The van der Waals surface area contributed by atoms with E-state index in [1.165, 1.54) is 0 Å². The average Bonchev–Trinajstić information content (AvgIpc) is 2.27. The van der Waals surface area contributed by atoms with Crippen molar-refractivity contribution >= 4 is 16.7 Å². The summed E-state index contributed by atoms with van der Waals surface area (Å²) in [6.07, 6.45) is 3.34. The minimum Gasteiger partial charge on any atom is -0.373 e. The van der Waals surface area contributed by atoms with Gasteiger partial charge in [-0.3, -0.25) is 0 Å². The van der Waals surface area contributed by atoms with Gasteiger partial charge in [0.05, 0.1) is 10.9 Å². The molecule has 0 atom stereocenters. The topological polar surface area (TPSA) is 50.7 Å². The molecule has 0 aliphatic carbocycles. The number of aromatic nitrogens is 3. The smallest absolute Gasteiger partial charge is 0.137 e. The molecular formula is C11H14N4. The molecule has 0 bridgehead atoms. The van der Waals surface area contributed by atoms with E-state index in [2.05, 4.69) is 34.1 Å². The quantitative estimate of drug-likeness (QED) is 0.811. The van der Waals surface area contributed by atoms with E-state index in [0.717, 1.165) is 22.4 Å². The Morgan fingerprint density at radius 1 is 1.33 bits per heavy atom. The van der Waals surface area contributed by atoms with Crippen LogP contribution in [0.1, 0.15) is 25.5 Å². The number of nitrogens with one attached hydrogen (secondary N) is 1. The van der Waals surface area contributed by atoms with E-state index in [1.54, 1.807) is 12.5 Å². The van der Waals surface area contributed by atoms with Gasteiger partial charge in [0.25, 0.3) is 0 Å². The van der Waals surface area contributed by atoms with Crippen molar-refractivity contribution in [3.8, 4) is 0 Å². The standard InChI is InChI=1S/C11H14N4/c1-7(2)9-4-10-8(5-13-6-14-10)11(12-3)15-9/h4-7H,1-3H3,(H,12,15). The largest absolute Gasteiger partial charge is 0.373 e. The van der Waals surface area contributed by atoms with Crippen LogP contribution in [-0.2, 0) is 0 Å². The maximum atomic E-state index is 4.53. The van der Waals surface area contributed by atoms with Gasteiger partial charge in [-0.25, -0.2) is 15.0 Å². The number of nitrogens with zero attached hydrogens (tertiary/aromatic N) is 3. The lowest BCUT2D eigenvalue weighted by Gasteiger charge is -2.09. The first-order valence-electron chi connectivity index (χ1n) is 5.00. The van der Waals surface area contributed by atoms with E-state index >= 15 is 0 Å². The van der Waals surface area contributed by atoms with Crippen molar-refractivity contribution in [1.29, 1.82) is 0 Å². The van der Waals surface area contributed by atoms with Gasteiger partial charge in [-0.1, -0.05) is 13.8 Å². The summed E-state index contributed by atoms with van der Waals surface area (Å²) in [6, 6.07) is 2.02. The van der Waals surface area contributed by atoms with Gasteiger partial charge in [0, 0.05) is 18.9 Å². The van der Waals surface area contributed by atoms with Gasteiger partial charge in [0.2, 0.25) is 0 Å². The van der Waals surface area contributed by atoms with Crippen molar-refractivity contribution in [2.75, 3.05) is 12.4 Å². The minimum absolute atomic E-state index is 0.400. The van der Waals surface area contributed by atoms with Crippen LogP contribution in [0.25, 0.3) is 10.9 Å². The molecular weight excluding hydrogens is 188 g/mol. The third kappa shape index (κ3) is 1.75. The Labute approximate surface area is 88.8 Å². The average molecular weight is 202 g/mol. The fraction of sp³-hybridized carbons (Fsp3) is 0.364. The van der Waals surface area contributed by atoms with Crippen molar-refractivity contribution < 1.29 is 0 Å². The molecule has 78 valence electrons. The Morgan fingerprint density at radius 2 is 2.13 bits per heavy atom. The predicted molar refractivity (Wildman–Crippen MR) is 61.0 cm³/mol. The summed E-state index contributed by atoms with van der Waals surface area (Å²) in [6.45, 7) is 4.24. The van der Waals surface area contributed by atoms with Crippen LogP contribution in [0.15, 0.2) is 18.6 Å². The van der Waals surface area contributed by atoms with Gasteiger partial charge < -0.3 is 5.32 Å². The Hall–Kier alpha value is -1.71. The zero-order chi connectivity index (χ0) is 10.8. The van der Waals surface area contributed by atoms with Gasteiger partial charge in [0.15, 0.2) is 0 Å². The summed E-state index contributed by atoms with van der Waals surface area (Å²) in [5.74, 6) is 1.24. The zero-order valence-corrected chi connectivity index (χ0v) is 9.15. The fourth-order valence-electron chi connectivity index (χ4n) is 1.48. The third-order valence-corrected chi connectivity index (χ3v) is 2.35. The molecule has 0 amide bonds. The van der Waals surface area contributed by atoms with E-state index < -0.39 is 0 Å². The molecule has 0 radical (unpaired) electrons. The van der Waals surface area contributed by atoms with Crippen molar-refractivity contribution in [1.82, 2.24) is 15.0 Å². The van der Waals surface area contributed by atoms with Crippen molar-refractivity contribution in [3.05, 3.63) is 24.3 Å². The Balaban J connectivity index is 2.71. The lowest BCUT2D eigenvalue weighted by molar-refractivity contribution is 0.826. The van der Waals surface area contributed by atoms with Crippen LogP contribution < -0.4 is 5.32 Å². The Kier molecular flexibility index (Phi) is 2.49. The number of rotatable bonds is 2. The summed E-state index contributed by atoms with van der Waals surface area (Å²) in [7, 11) is 1.86. The number of hydrogen-bond acceptors (Lipinski definition) is 4. The fourth-order valence-corrected chi connectivity index (χ4v) is 1.48. The molecule has 4 nitrogen and oxygen atoms in total. The molecule has 0 spiro atoms. The first kappa shape index (κ1) is 9.83. The van der Waals surface area contributed by atoms with Crippen LogP contribution in [0, 0.1) is 0 Å². The molecule has 15 heavy (non-hydrogen) atoms. The summed E-state index contributed by atoms with van der Waals surface area (Å²) < 4.78 is 0. The SMILES string of the molecule is CNc1nc(C(C)C)cc2ncncc12. The van der Waals surface area contributed by atoms with Crippen LogP contribution in [0.5, 0.6) is 0 Å². The third-order valence-electron chi connectivity index (χ3n) is 2.35. The van der Waals surface area contributed by atoms with Gasteiger partial charge in [-0.05, 0) is 12.0 Å². The summed E-state index contributed by atoms with van der Waals surface area (Å²) in [4.78, 5) is 12.8.